The van der Waals surface area contributed by atoms with Crippen LogP contribution < -0.4 is 59.7 Å². The Morgan fingerprint density at radius 1 is 0.382 bits per heavy atom. The molecule has 0 aromatic rings. The average molecular weight is 1920 g/mol. The molecule has 0 saturated carbocycles. The van der Waals surface area contributed by atoms with Crippen LogP contribution in [0.5, 0.6) is 0 Å². The minimum atomic E-state index is -1.52. The Hall–Kier alpha value is -7.28. The van der Waals surface area contributed by atoms with Gasteiger partial charge in [-0.2, -0.15) is 0 Å². The fourth-order valence-corrected chi connectivity index (χ4v) is 15.5. The van der Waals surface area contributed by atoms with E-state index in [1.807, 2.05) is 0 Å². The van der Waals surface area contributed by atoms with Crippen LogP contribution in [0.1, 0.15) is 182 Å². The molecule has 15 unspecified atom stereocenters. The first kappa shape index (κ1) is 116. The van der Waals surface area contributed by atoms with E-state index >= 15 is 0 Å². The molecule has 48 heteroatoms. The third-order valence-corrected chi connectivity index (χ3v) is 23.4. The van der Waals surface area contributed by atoms with Crippen molar-refractivity contribution in [3.05, 3.63) is 0 Å². The van der Waals surface area contributed by atoms with Crippen LogP contribution in [0.15, 0.2) is 0 Å². The monoisotopic (exact) mass is 1920 g/mol. The molecular formula is C83H144N12O34S2. The molecule has 17 atom stereocenters. The number of amides is 9. The molecule has 752 valence electrons. The molecule has 4 fully saturated rings. The molecule has 4 saturated heterocycles. The van der Waals surface area contributed by atoms with Crippen molar-refractivity contribution in [2.45, 2.75) is 291 Å². The smallest absolute Gasteiger partial charge is 0.306 e. The maximum absolute atomic E-state index is 14.1. The Morgan fingerprint density at radius 2 is 0.710 bits per heavy atom. The Kier molecular flexibility index (Phi) is 59.4. The van der Waals surface area contributed by atoms with Crippen molar-refractivity contribution in [1.29, 1.82) is 0 Å². The zero-order valence-corrected chi connectivity index (χ0v) is 77.3. The number of nitrogens with one attached hydrogen (secondary N) is 8. The van der Waals surface area contributed by atoms with E-state index in [1.165, 1.54) is 54.2 Å². The average Bonchev–Trinajstić information content (AvgIpc) is 1.67. The number of unbranched alkanes of at least 4 members (excludes halogenated alkanes) is 4. The lowest BCUT2D eigenvalue weighted by molar-refractivity contribution is -0.267. The molecule has 4 heterocycles. The minimum absolute atomic E-state index is 0.0561. The highest BCUT2D eigenvalue weighted by atomic mass is 33.1. The van der Waals surface area contributed by atoms with E-state index in [-0.39, 0.29) is 244 Å². The molecule has 4 rings (SSSR count). The van der Waals surface area contributed by atoms with Gasteiger partial charge >= 0.3 is 23.9 Å². The number of carbonyl (C=O) groups excluding carboxylic acids is 14. The van der Waals surface area contributed by atoms with Crippen molar-refractivity contribution in [3.63, 3.8) is 0 Å². The van der Waals surface area contributed by atoms with Crippen molar-refractivity contribution in [2.75, 3.05) is 150 Å². The van der Waals surface area contributed by atoms with Gasteiger partial charge in [0.15, 0.2) is 18.9 Å². The van der Waals surface area contributed by atoms with Crippen molar-refractivity contribution in [3.8, 4) is 0 Å². The van der Waals surface area contributed by atoms with E-state index in [0.717, 1.165) is 0 Å². The first-order chi connectivity index (χ1) is 62.6. The van der Waals surface area contributed by atoms with Gasteiger partial charge in [0.25, 0.3) is 0 Å². The fraction of sp³-hybridized carbons (Fsp3) is 0.831. The van der Waals surface area contributed by atoms with E-state index in [2.05, 4.69) is 42.5 Å². The van der Waals surface area contributed by atoms with Crippen molar-refractivity contribution < 1.29 is 164 Å². The van der Waals surface area contributed by atoms with Crippen LogP contribution in [0.2, 0.25) is 0 Å². The number of rotatable bonds is 70. The van der Waals surface area contributed by atoms with Crippen LogP contribution in [0, 0.1) is 0 Å². The summed E-state index contributed by atoms with van der Waals surface area (Å²) >= 11 is 0. The van der Waals surface area contributed by atoms with Crippen LogP contribution in [0.4, 0.5) is 0 Å². The van der Waals surface area contributed by atoms with Gasteiger partial charge in [0.2, 0.25) is 53.2 Å². The molecule has 0 spiro atoms. The lowest BCUT2D eigenvalue weighted by Gasteiger charge is -2.40. The van der Waals surface area contributed by atoms with Crippen molar-refractivity contribution >= 4 is 104 Å². The number of hydrogen-bond acceptors (Lipinski definition) is 39. The highest BCUT2D eigenvalue weighted by Crippen LogP contribution is 2.28. The standard InChI is InChI=1S/C83H144N12O34S2/c1-52(97)23-24-70(110)126-57-43-56(45-96)95(44-57)69(109)22-13-41-130-131-42-34-93-64(104)17-5-6-21-68(108)94-83(49-117-38-25-65(105)90-31-14-28-87-61(101)18-7-10-35-120-80-71(84)77(114)74(111)58(127-80)46-123-53(2)98,50-118-39-26-66(106)91-32-15-29-88-62(102)19-8-11-36-121-81-72(85)78(115)75(112)59(128-81)47-124-54(3)99)51-119-40-27-67(107)92-33-16-30-89-63(103)20-9-12-37-122-82-73(86)79(116)76(113)60(129-82)48-125-55(4)100/h56-60,71-82,96,111-116H,5-51,84-86H2,1-4H3,(H,87,101)(H,88,102)(H,89,103)(H,90,105)(H,91,106)(H,92,107)(H,93,104)(H,94,108)/t56-,57+,58?,59?,60?,71?,72?,73?,74?,75?,76?,77?,78?,79?,80?,81?,82?,83?/m0/s1. The summed E-state index contributed by atoms with van der Waals surface area (Å²) in [7, 11) is 3.04. The van der Waals surface area contributed by atoms with Crippen LogP contribution in [0.3, 0.4) is 0 Å². The number of nitrogens with zero attached hydrogens (tertiary/aromatic N) is 1. The number of likely N-dealkylation sites (tertiary alicyclic amines) is 1. The van der Waals surface area contributed by atoms with E-state index in [4.69, 9.17) is 78.8 Å². The molecule has 131 heavy (non-hydrogen) atoms. The molecular weight excluding hydrogens is 1770 g/mol. The van der Waals surface area contributed by atoms with Gasteiger partial charge in [-0.05, 0) is 84.0 Å². The van der Waals surface area contributed by atoms with Crippen LogP contribution in [-0.4, -0.2) is 383 Å². The first-order valence-electron chi connectivity index (χ1n) is 44.9. The van der Waals surface area contributed by atoms with Gasteiger partial charge < -0.3 is 167 Å². The minimum Gasteiger partial charge on any atom is -0.463 e. The molecule has 0 aromatic carbocycles. The number of aliphatic hydroxyl groups excluding tert-OH is 7. The Balaban J connectivity index is 1.31. The molecule has 0 aromatic heterocycles. The van der Waals surface area contributed by atoms with Crippen LogP contribution in [-0.2, 0) is 129 Å². The number of aliphatic hydroxyl groups is 7. The largest absolute Gasteiger partial charge is 0.463 e. The summed E-state index contributed by atoms with van der Waals surface area (Å²) in [6.07, 6.45) is -10.4. The maximum atomic E-state index is 14.1. The summed E-state index contributed by atoms with van der Waals surface area (Å²) in [6, 6.07) is -3.76. The zero-order chi connectivity index (χ0) is 96.5. The summed E-state index contributed by atoms with van der Waals surface area (Å²) < 4.78 is 72.4. The number of ketones is 1. The Labute approximate surface area is 771 Å². The fourth-order valence-electron chi connectivity index (χ4n) is 13.5. The highest BCUT2D eigenvalue weighted by Gasteiger charge is 2.47. The zero-order valence-electron chi connectivity index (χ0n) is 75.7. The first-order valence-corrected chi connectivity index (χ1v) is 47.4. The van der Waals surface area contributed by atoms with E-state index < -0.39 is 157 Å². The summed E-state index contributed by atoms with van der Waals surface area (Å²) in [6.45, 7) is 4.23. The predicted molar refractivity (Wildman–Crippen MR) is 467 cm³/mol. The van der Waals surface area contributed by atoms with Crippen molar-refractivity contribution in [2.24, 2.45) is 17.2 Å². The molecule has 46 nitrogen and oxygen atoms in total. The van der Waals surface area contributed by atoms with Gasteiger partial charge in [-0.25, -0.2) is 0 Å². The topological polar surface area (TPSA) is 678 Å². The van der Waals surface area contributed by atoms with Gasteiger partial charge in [0, 0.05) is 169 Å². The lowest BCUT2D eigenvalue weighted by Crippen LogP contribution is -2.62. The van der Waals surface area contributed by atoms with Gasteiger partial charge in [0.05, 0.1) is 83.4 Å². The van der Waals surface area contributed by atoms with Gasteiger partial charge in [-0.3, -0.25) is 62.3 Å². The second kappa shape index (κ2) is 67.0. The molecule has 4 aliphatic heterocycles. The second-order valence-electron chi connectivity index (χ2n) is 32.3. The summed E-state index contributed by atoms with van der Waals surface area (Å²) in [5, 5.41) is 94.6. The maximum Gasteiger partial charge on any atom is 0.306 e. The van der Waals surface area contributed by atoms with Gasteiger partial charge in [0.1, 0.15) is 92.2 Å². The molecule has 4 aliphatic rings. The lowest BCUT2D eigenvalue weighted by atomic mass is 9.98. The quantitative estimate of drug-likeness (QED) is 0.0118. The number of nitrogens with two attached hydrogens (primary N) is 3. The van der Waals surface area contributed by atoms with Gasteiger partial charge in [-0.1, -0.05) is 21.6 Å². The summed E-state index contributed by atoms with van der Waals surface area (Å²) in [5.41, 5.74) is 16.5. The molecule has 0 radical (unpaired) electrons. The van der Waals surface area contributed by atoms with E-state index in [9.17, 15) is 103 Å². The predicted octanol–water partition coefficient (Wildman–Crippen LogP) is -4.79. The number of ether oxygens (including phenoxy) is 13. The Bertz CT molecular complexity index is 3180. The van der Waals surface area contributed by atoms with Crippen molar-refractivity contribution in [1.82, 2.24) is 47.4 Å². The van der Waals surface area contributed by atoms with Crippen LogP contribution in [0.25, 0.3) is 0 Å². The van der Waals surface area contributed by atoms with E-state index in [0.29, 0.717) is 95.1 Å². The molecule has 0 bridgehead atoms. The second-order valence-corrected chi connectivity index (χ2v) is 35.0. The third-order valence-electron chi connectivity index (χ3n) is 20.9. The van der Waals surface area contributed by atoms with E-state index in [1.54, 1.807) is 0 Å². The number of Topliss-reactive ketones (excluding diaryl/α,β-unsaturated/α-hetero) is 1. The SMILES string of the molecule is CC(=O)CCC(=O)O[C@@H]1C[C@@H](CO)N(C(=O)CCCSSCCNC(=O)CCCCC(=O)NC(COCCC(=O)NCCCNC(=O)CCCCOC2OC(COC(C)=O)C(O)C(O)C2N)(COCCC(=O)NCCCNC(=O)CCCCOC2OC(COC(C)=O)C(O)C(O)C2N)COCCC(=O)NCCCNC(=O)CCCCOC2OC(COC(C)=O)C(O)C(O)C2N)C1. The molecule has 21 N–H and O–H groups in total. The molecule has 0 aliphatic carbocycles. The third kappa shape index (κ3) is 49.7. The van der Waals surface area contributed by atoms with Gasteiger partial charge in [-0.15, -0.1) is 0 Å². The summed E-state index contributed by atoms with van der Waals surface area (Å²) in [5.74, 6) is -4.23. The highest BCUT2D eigenvalue weighted by molar-refractivity contribution is 8.76. The Morgan fingerprint density at radius 3 is 1.05 bits per heavy atom. The number of esters is 4. The van der Waals surface area contributed by atoms with Crippen LogP contribution >= 0.6 is 21.6 Å². The molecule has 9 amide bonds. The number of carbonyl (C=O) groups is 14. The normalized spacial score (nSPS) is 24.0. The summed E-state index contributed by atoms with van der Waals surface area (Å²) in [4.78, 5) is 177. The number of hydrogen-bond donors (Lipinski definition) is 18.